The summed E-state index contributed by atoms with van der Waals surface area (Å²) in [6, 6.07) is 3.74. The smallest absolute Gasteiger partial charge is 0.328 e. The third-order valence-electron chi connectivity index (χ3n) is 2.42. The first-order chi connectivity index (χ1) is 8.95. The number of benzene rings is 1. The number of amides is 1. The molecule has 0 aromatic heterocycles. The van der Waals surface area contributed by atoms with Gasteiger partial charge in [-0.05, 0) is 23.8 Å². The second-order valence-electron chi connectivity index (χ2n) is 3.86. The molecule has 2 N–H and O–H groups in total. The SMILES string of the molecule is CN(CCO)C(=O)c1cc(/C=C/C(=O)O)ccc1F. The summed E-state index contributed by atoms with van der Waals surface area (Å²) in [4.78, 5) is 23.5. The standard InChI is InChI=1S/C13H14FNO4/c1-15(6-7-16)13(19)10-8-9(2-4-11(10)14)3-5-12(17)18/h2-5,8,16H,6-7H2,1H3,(H,17,18)/b5-3+. The molecule has 5 nitrogen and oxygen atoms in total. The number of carbonyl (C=O) groups excluding carboxylic acids is 1. The molecule has 0 fully saturated rings. The zero-order chi connectivity index (χ0) is 14.4. The Bertz CT molecular complexity index is 513. The second-order valence-corrected chi connectivity index (χ2v) is 3.86. The van der Waals surface area contributed by atoms with E-state index in [2.05, 4.69) is 0 Å². The van der Waals surface area contributed by atoms with E-state index in [4.69, 9.17) is 10.2 Å². The van der Waals surface area contributed by atoms with Crippen LogP contribution in [-0.2, 0) is 4.79 Å². The Balaban J connectivity index is 3.03. The van der Waals surface area contributed by atoms with Crippen LogP contribution in [0.4, 0.5) is 4.39 Å². The number of carbonyl (C=O) groups is 2. The van der Waals surface area contributed by atoms with Gasteiger partial charge in [-0.15, -0.1) is 0 Å². The topological polar surface area (TPSA) is 77.8 Å². The maximum atomic E-state index is 13.6. The highest BCUT2D eigenvalue weighted by atomic mass is 19.1. The van der Waals surface area contributed by atoms with E-state index >= 15 is 0 Å². The van der Waals surface area contributed by atoms with Gasteiger partial charge in [-0.3, -0.25) is 4.79 Å². The van der Waals surface area contributed by atoms with Gasteiger partial charge in [0.2, 0.25) is 0 Å². The fourth-order valence-corrected chi connectivity index (χ4v) is 1.44. The molecule has 102 valence electrons. The summed E-state index contributed by atoms with van der Waals surface area (Å²) in [7, 11) is 1.44. The normalized spacial score (nSPS) is 10.7. The van der Waals surface area contributed by atoms with Gasteiger partial charge in [-0.2, -0.15) is 0 Å². The van der Waals surface area contributed by atoms with Crippen LogP contribution in [0.5, 0.6) is 0 Å². The molecule has 0 radical (unpaired) electrons. The molecule has 0 unspecified atom stereocenters. The van der Waals surface area contributed by atoms with Gasteiger partial charge < -0.3 is 15.1 Å². The lowest BCUT2D eigenvalue weighted by Gasteiger charge is -2.16. The second kappa shape index (κ2) is 6.65. The molecule has 1 rings (SSSR count). The number of aliphatic hydroxyl groups excluding tert-OH is 1. The van der Waals surface area contributed by atoms with E-state index in [1.807, 2.05) is 0 Å². The minimum atomic E-state index is -1.13. The number of aliphatic carboxylic acids is 1. The molecule has 1 aromatic rings. The predicted octanol–water partition coefficient (Wildman–Crippen LogP) is 0.988. The van der Waals surface area contributed by atoms with Crippen molar-refractivity contribution in [3.8, 4) is 0 Å². The molecule has 0 aliphatic carbocycles. The number of hydrogen-bond acceptors (Lipinski definition) is 3. The fourth-order valence-electron chi connectivity index (χ4n) is 1.44. The molecular weight excluding hydrogens is 253 g/mol. The van der Waals surface area contributed by atoms with Crippen LogP contribution in [0, 0.1) is 5.82 Å². The molecule has 19 heavy (non-hydrogen) atoms. The summed E-state index contributed by atoms with van der Waals surface area (Å²) < 4.78 is 13.6. The summed E-state index contributed by atoms with van der Waals surface area (Å²) in [5, 5.41) is 17.2. The Morgan fingerprint density at radius 3 is 2.68 bits per heavy atom. The van der Waals surface area contributed by atoms with Crippen molar-refractivity contribution in [1.82, 2.24) is 4.90 Å². The number of rotatable bonds is 5. The molecule has 0 heterocycles. The Morgan fingerprint density at radius 2 is 2.11 bits per heavy atom. The average molecular weight is 267 g/mol. The van der Waals surface area contributed by atoms with Gasteiger partial charge in [0.25, 0.3) is 5.91 Å². The van der Waals surface area contributed by atoms with E-state index in [9.17, 15) is 14.0 Å². The number of likely N-dealkylation sites (N-methyl/N-ethyl adjacent to an activating group) is 1. The van der Waals surface area contributed by atoms with Crippen LogP contribution in [0.25, 0.3) is 6.08 Å². The van der Waals surface area contributed by atoms with Crippen LogP contribution >= 0.6 is 0 Å². The van der Waals surface area contributed by atoms with Crippen LogP contribution in [-0.4, -0.2) is 47.2 Å². The summed E-state index contributed by atoms with van der Waals surface area (Å²) in [5.41, 5.74) is 0.244. The highest BCUT2D eigenvalue weighted by molar-refractivity contribution is 5.95. The van der Waals surface area contributed by atoms with E-state index in [1.165, 1.54) is 30.2 Å². The first-order valence-corrected chi connectivity index (χ1v) is 5.52. The Morgan fingerprint density at radius 1 is 1.42 bits per heavy atom. The summed E-state index contributed by atoms with van der Waals surface area (Å²) in [6.45, 7) is -0.129. The van der Waals surface area contributed by atoms with Crippen molar-refractivity contribution in [2.24, 2.45) is 0 Å². The van der Waals surface area contributed by atoms with E-state index in [-0.39, 0.29) is 18.7 Å². The number of halogens is 1. The molecule has 1 amide bonds. The largest absolute Gasteiger partial charge is 0.478 e. The van der Waals surface area contributed by atoms with Crippen molar-refractivity contribution >= 4 is 18.0 Å². The van der Waals surface area contributed by atoms with Gasteiger partial charge in [0, 0.05) is 19.7 Å². The molecule has 0 spiro atoms. The lowest BCUT2D eigenvalue weighted by molar-refractivity contribution is -0.131. The predicted molar refractivity (Wildman–Crippen MR) is 67.1 cm³/mol. The van der Waals surface area contributed by atoms with Gasteiger partial charge in [0.05, 0.1) is 12.2 Å². The van der Waals surface area contributed by atoms with E-state index in [0.29, 0.717) is 5.56 Å². The van der Waals surface area contributed by atoms with Crippen LogP contribution in [0.15, 0.2) is 24.3 Å². The van der Waals surface area contributed by atoms with Crippen molar-refractivity contribution in [2.45, 2.75) is 0 Å². The van der Waals surface area contributed by atoms with E-state index in [0.717, 1.165) is 12.1 Å². The highest BCUT2D eigenvalue weighted by Crippen LogP contribution is 2.14. The van der Waals surface area contributed by atoms with Crippen molar-refractivity contribution in [1.29, 1.82) is 0 Å². The number of carboxylic acids is 1. The van der Waals surface area contributed by atoms with Crippen LogP contribution in [0.3, 0.4) is 0 Å². The van der Waals surface area contributed by atoms with Crippen molar-refractivity contribution in [2.75, 3.05) is 20.2 Å². The van der Waals surface area contributed by atoms with Gasteiger partial charge >= 0.3 is 5.97 Å². The molecule has 0 atom stereocenters. The van der Waals surface area contributed by atoms with Gasteiger partial charge in [0.15, 0.2) is 0 Å². The minimum absolute atomic E-state index is 0.0907. The summed E-state index contributed by atoms with van der Waals surface area (Å²) >= 11 is 0. The molecule has 1 aromatic carbocycles. The quantitative estimate of drug-likeness (QED) is 0.780. The Hall–Kier alpha value is -2.21. The van der Waals surface area contributed by atoms with Crippen molar-refractivity contribution in [3.05, 3.63) is 41.2 Å². The average Bonchev–Trinajstić information content (AvgIpc) is 2.37. The zero-order valence-electron chi connectivity index (χ0n) is 10.3. The number of carboxylic acid groups (broad SMARTS) is 1. The lowest BCUT2D eigenvalue weighted by Crippen LogP contribution is -2.30. The van der Waals surface area contributed by atoms with Gasteiger partial charge in [-0.25, -0.2) is 9.18 Å². The van der Waals surface area contributed by atoms with Gasteiger partial charge in [-0.1, -0.05) is 6.07 Å². The number of aliphatic hydroxyl groups is 1. The molecule has 0 aliphatic rings. The summed E-state index contributed by atoms with van der Waals surface area (Å²) in [5.74, 6) is -2.39. The van der Waals surface area contributed by atoms with Crippen LogP contribution in [0.1, 0.15) is 15.9 Å². The highest BCUT2D eigenvalue weighted by Gasteiger charge is 2.15. The fraction of sp³-hybridized carbons (Fsp3) is 0.231. The van der Waals surface area contributed by atoms with Crippen LogP contribution in [0.2, 0.25) is 0 Å². The molecule has 6 heteroatoms. The van der Waals surface area contributed by atoms with E-state index < -0.39 is 17.7 Å². The molecule has 0 bridgehead atoms. The minimum Gasteiger partial charge on any atom is -0.478 e. The summed E-state index contributed by atoms with van der Waals surface area (Å²) in [6.07, 6.45) is 2.17. The maximum absolute atomic E-state index is 13.6. The Labute approximate surface area is 109 Å². The van der Waals surface area contributed by atoms with E-state index in [1.54, 1.807) is 0 Å². The van der Waals surface area contributed by atoms with Crippen molar-refractivity contribution < 1.29 is 24.2 Å². The number of hydrogen-bond donors (Lipinski definition) is 2. The van der Waals surface area contributed by atoms with Crippen molar-refractivity contribution in [3.63, 3.8) is 0 Å². The number of nitrogens with zero attached hydrogens (tertiary/aromatic N) is 1. The third kappa shape index (κ3) is 4.18. The van der Waals surface area contributed by atoms with Crippen LogP contribution < -0.4 is 0 Å². The lowest BCUT2D eigenvalue weighted by atomic mass is 10.1. The third-order valence-corrected chi connectivity index (χ3v) is 2.42. The maximum Gasteiger partial charge on any atom is 0.328 e. The molecule has 0 aliphatic heterocycles. The van der Waals surface area contributed by atoms with Gasteiger partial charge in [0.1, 0.15) is 5.82 Å². The molecule has 0 saturated heterocycles. The zero-order valence-corrected chi connectivity index (χ0v) is 10.3. The molecular formula is C13H14FNO4. The Kier molecular flexibility index (Phi) is 5.20. The monoisotopic (exact) mass is 267 g/mol. The first kappa shape index (κ1) is 14.8. The first-order valence-electron chi connectivity index (χ1n) is 5.52. The molecule has 0 saturated carbocycles.